The smallest absolute Gasteiger partial charge is 0.232 e. The minimum atomic E-state index is -0.981. The van der Waals surface area contributed by atoms with E-state index in [-0.39, 0.29) is 23.8 Å². The van der Waals surface area contributed by atoms with Crippen molar-refractivity contribution >= 4 is 11.8 Å². The molecule has 4 nitrogen and oxygen atoms in total. The molecule has 2 amide bonds. The van der Waals surface area contributed by atoms with Crippen molar-refractivity contribution in [2.75, 3.05) is 26.2 Å². The Labute approximate surface area is 169 Å². The second kappa shape index (κ2) is 7.93. The SMILES string of the molecule is O=C(Cc1cccc(F)c1F)N1CC(Cc2ccccc2)(C(=O)N2CCCC2)C1. The van der Waals surface area contributed by atoms with Gasteiger partial charge in [-0.15, -0.1) is 0 Å². The predicted molar refractivity (Wildman–Crippen MR) is 105 cm³/mol. The molecule has 0 N–H and O–H groups in total. The van der Waals surface area contributed by atoms with Crippen LogP contribution in [0.4, 0.5) is 8.78 Å². The van der Waals surface area contributed by atoms with Crippen LogP contribution in [0.3, 0.4) is 0 Å². The second-order valence-electron chi connectivity index (χ2n) is 8.08. The lowest BCUT2D eigenvalue weighted by Gasteiger charge is -2.50. The average molecular weight is 398 g/mol. The Hall–Kier alpha value is -2.76. The summed E-state index contributed by atoms with van der Waals surface area (Å²) in [6.07, 6.45) is 2.38. The standard InChI is InChI=1S/C23H24F2N2O2/c24-19-10-6-9-18(21(19)25)13-20(28)27-15-23(16-27,14-17-7-2-1-3-8-17)22(29)26-11-4-5-12-26/h1-3,6-10H,4-5,11-16H2. The lowest BCUT2D eigenvalue weighted by atomic mass is 9.73. The van der Waals surface area contributed by atoms with Crippen LogP contribution in [0.1, 0.15) is 24.0 Å². The van der Waals surface area contributed by atoms with Gasteiger partial charge in [0.05, 0.1) is 11.8 Å². The normalized spacial score (nSPS) is 17.9. The van der Waals surface area contributed by atoms with E-state index in [4.69, 9.17) is 0 Å². The Balaban J connectivity index is 1.49. The van der Waals surface area contributed by atoms with Gasteiger partial charge >= 0.3 is 0 Å². The van der Waals surface area contributed by atoms with Crippen LogP contribution in [0.5, 0.6) is 0 Å². The fourth-order valence-corrected chi connectivity index (χ4v) is 4.39. The summed E-state index contributed by atoms with van der Waals surface area (Å²) in [5.74, 6) is -2.13. The maximum atomic E-state index is 13.9. The molecule has 0 radical (unpaired) electrons. The van der Waals surface area contributed by atoms with Gasteiger partial charge in [0.2, 0.25) is 11.8 Å². The van der Waals surface area contributed by atoms with Crippen molar-refractivity contribution in [1.82, 2.24) is 9.80 Å². The zero-order chi connectivity index (χ0) is 20.4. The molecule has 2 aliphatic rings. The molecule has 2 aromatic rings. The number of nitrogens with zero attached hydrogens (tertiary/aromatic N) is 2. The van der Waals surface area contributed by atoms with E-state index in [1.54, 1.807) is 4.90 Å². The summed E-state index contributed by atoms with van der Waals surface area (Å²) in [7, 11) is 0. The molecule has 6 heteroatoms. The van der Waals surface area contributed by atoms with E-state index in [0.717, 1.165) is 37.6 Å². The molecule has 2 aliphatic heterocycles. The molecule has 2 aromatic carbocycles. The van der Waals surface area contributed by atoms with Gasteiger partial charge in [0.1, 0.15) is 0 Å². The van der Waals surface area contributed by atoms with Crippen molar-refractivity contribution in [2.24, 2.45) is 5.41 Å². The highest BCUT2D eigenvalue weighted by atomic mass is 19.2. The first-order valence-corrected chi connectivity index (χ1v) is 10.0. The predicted octanol–water partition coefficient (Wildman–Crippen LogP) is 3.20. The van der Waals surface area contributed by atoms with Crippen LogP contribution >= 0.6 is 0 Å². The molecule has 2 fully saturated rings. The first kappa shape index (κ1) is 19.6. The highest BCUT2D eigenvalue weighted by Gasteiger charge is 2.52. The first-order valence-electron chi connectivity index (χ1n) is 10.0. The van der Waals surface area contributed by atoms with Gasteiger partial charge in [0.15, 0.2) is 11.6 Å². The van der Waals surface area contributed by atoms with Crippen LogP contribution in [-0.2, 0) is 22.4 Å². The zero-order valence-corrected chi connectivity index (χ0v) is 16.2. The van der Waals surface area contributed by atoms with Crippen molar-refractivity contribution in [1.29, 1.82) is 0 Å². The van der Waals surface area contributed by atoms with Crippen LogP contribution in [0.15, 0.2) is 48.5 Å². The monoisotopic (exact) mass is 398 g/mol. The van der Waals surface area contributed by atoms with Gasteiger partial charge < -0.3 is 9.80 Å². The zero-order valence-electron chi connectivity index (χ0n) is 16.2. The number of hydrogen-bond donors (Lipinski definition) is 0. The Morgan fingerprint density at radius 3 is 2.28 bits per heavy atom. The molecule has 4 rings (SSSR count). The highest BCUT2D eigenvalue weighted by molar-refractivity contribution is 5.89. The maximum absolute atomic E-state index is 13.9. The Morgan fingerprint density at radius 2 is 1.59 bits per heavy atom. The van der Waals surface area contributed by atoms with E-state index < -0.39 is 17.0 Å². The summed E-state index contributed by atoms with van der Waals surface area (Å²) in [5, 5.41) is 0. The van der Waals surface area contributed by atoms with E-state index in [1.165, 1.54) is 12.1 Å². The van der Waals surface area contributed by atoms with E-state index in [1.807, 2.05) is 35.2 Å². The molecule has 152 valence electrons. The molecular formula is C23H24F2N2O2. The number of amides is 2. The number of rotatable bonds is 5. The van der Waals surface area contributed by atoms with Crippen LogP contribution < -0.4 is 0 Å². The Kier molecular flexibility index (Phi) is 5.35. The topological polar surface area (TPSA) is 40.6 Å². The fraction of sp³-hybridized carbons (Fsp3) is 0.391. The number of likely N-dealkylation sites (tertiary alicyclic amines) is 2. The van der Waals surface area contributed by atoms with Crippen LogP contribution in [0.2, 0.25) is 0 Å². The van der Waals surface area contributed by atoms with Crippen molar-refractivity contribution in [3.63, 3.8) is 0 Å². The third-order valence-electron chi connectivity index (χ3n) is 5.95. The Bertz CT molecular complexity index is 904. The van der Waals surface area contributed by atoms with E-state index in [9.17, 15) is 18.4 Å². The van der Waals surface area contributed by atoms with Crippen LogP contribution in [0, 0.1) is 17.0 Å². The second-order valence-corrected chi connectivity index (χ2v) is 8.08. The van der Waals surface area contributed by atoms with Crippen LogP contribution in [0.25, 0.3) is 0 Å². The summed E-state index contributed by atoms with van der Waals surface area (Å²) in [6, 6.07) is 13.7. The minimum Gasteiger partial charge on any atom is -0.342 e. The molecule has 0 aromatic heterocycles. The summed E-state index contributed by atoms with van der Waals surface area (Å²) < 4.78 is 27.3. The van der Waals surface area contributed by atoms with Crippen molar-refractivity contribution in [3.05, 3.63) is 71.3 Å². The van der Waals surface area contributed by atoms with Gasteiger partial charge in [-0.2, -0.15) is 0 Å². The quantitative estimate of drug-likeness (QED) is 0.776. The molecule has 2 heterocycles. The largest absolute Gasteiger partial charge is 0.342 e. The number of carbonyl (C=O) groups is 2. The van der Waals surface area contributed by atoms with Gasteiger partial charge in [0.25, 0.3) is 0 Å². The summed E-state index contributed by atoms with van der Waals surface area (Å²) >= 11 is 0. The fourth-order valence-electron chi connectivity index (χ4n) is 4.39. The molecule has 0 aliphatic carbocycles. The Morgan fingerprint density at radius 1 is 0.897 bits per heavy atom. The molecule has 0 atom stereocenters. The van der Waals surface area contributed by atoms with Gasteiger partial charge in [-0.05, 0) is 30.9 Å². The minimum absolute atomic E-state index is 0.0430. The van der Waals surface area contributed by atoms with Crippen molar-refractivity contribution < 1.29 is 18.4 Å². The molecule has 0 saturated carbocycles. The number of halogens is 2. The van der Waals surface area contributed by atoms with E-state index in [2.05, 4.69) is 0 Å². The van der Waals surface area contributed by atoms with E-state index >= 15 is 0 Å². The van der Waals surface area contributed by atoms with Gasteiger partial charge in [-0.3, -0.25) is 9.59 Å². The summed E-state index contributed by atoms with van der Waals surface area (Å²) in [4.78, 5) is 29.4. The molecule has 0 bridgehead atoms. The molecule has 0 spiro atoms. The van der Waals surface area contributed by atoms with Gasteiger partial charge in [-0.1, -0.05) is 42.5 Å². The van der Waals surface area contributed by atoms with E-state index in [0.29, 0.717) is 19.5 Å². The number of hydrogen-bond acceptors (Lipinski definition) is 2. The lowest BCUT2D eigenvalue weighted by Crippen LogP contribution is -2.66. The van der Waals surface area contributed by atoms with Crippen LogP contribution in [-0.4, -0.2) is 47.8 Å². The molecule has 2 saturated heterocycles. The number of benzene rings is 2. The highest BCUT2D eigenvalue weighted by Crippen LogP contribution is 2.37. The third-order valence-corrected chi connectivity index (χ3v) is 5.95. The van der Waals surface area contributed by atoms with Crippen molar-refractivity contribution in [2.45, 2.75) is 25.7 Å². The average Bonchev–Trinajstić information content (AvgIpc) is 3.23. The lowest BCUT2D eigenvalue weighted by molar-refractivity contribution is -0.159. The molecular weight excluding hydrogens is 374 g/mol. The molecule has 29 heavy (non-hydrogen) atoms. The van der Waals surface area contributed by atoms with Gasteiger partial charge in [0, 0.05) is 31.7 Å². The first-order chi connectivity index (χ1) is 14.0. The maximum Gasteiger partial charge on any atom is 0.232 e. The number of carbonyl (C=O) groups excluding carboxylic acids is 2. The molecule has 0 unspecified atom stereocenters. The summed E-state index contributed by atoms with van der Waals surface area (Å²) in [5.41, 5.74) is 0.465. The summed E-state index contributed by atoms with van der Waals surface area (Å²) in [6.45, 7) is 2.15. The van der Waals surface area contributed by atoms with Crippen molar-refractivity contribution in [3.8, 4) is 0 Å². The van der Waals surface area contributed by atoms with Gasteiger partial charge in [-0.25, -0.2) is 8.78 Å². The third kappa shape index (κ3) is 3.88.